The lowest BCUT2D eigenvalue weighted by atomic mass is 10.0. The molecule has 1 unspecified atom stereocenters. The second-order valence-corrected chi connectivity index (χ2v) is 11.5. The zero-order valence-electron chi connectivity index (χ0n) is 12.5. The largest absolute Gasteiger partial charge is 0.362 e. The number of rotatable bonds is 3. The van der Waals surface area contributed by atoms with Gasteiger partial charge in [-0.15, -0.1) is 0 Å². The van der Waals surface area contributed by atoms with E-state index >= 15 is 0 Å². The summed E-state index contributed by atoms with van der Waals surface area (Å²) >= 11 is 0. The molecule has 1 heterocycles. The van der Waals surface area contributed by atoms with E-state index in [1.165, 1.54) is 5.20 Å². The minimum absolute atomic E-state index is 0.0225. The van der Waals surface area contributed by atoms with Gasteiger partial charge >= 0.3 is 0 Å². The number of allylic oxidation sites excluding steroid dienone is 2. The average molecular weight is 279 g/mol. The molecule has 2 atom stereocenters. The smallest absolute Gasteiger partial charge is 0.235 e. The van der Waals surface area contributed by atoms with Gasteiger partial charge in [0.2, 0.25) is 5.91 Å². The summed E-state index contributed by atoms with van der Waals surface area (Å²) in [5.41, 5.74) is 0. The van der Waals surface area contributed by atoms with Crippen molar-refractivity contribution < 1.29 is 9.53 Å². The molecule has 106 valence electrons. The highest BCUT2D eigenvalue weighted by Crippen LogP contribution is 2.31. The maximum atomic E-state index is 12.8. The van der Waals surface area contributed by atoms with Crippen LogP contribution in [-0.2, 0) is 9.53 Å². The number of ether oxygens (including phenoxy) is 1. The van der Waals surface area contributed by atoms with Crippen LogP contribution in [0.1, 0.15) is 19.3 Å². The van der Waals surface area contributed by atoms with Crippen LogP contribution in [0.5, 0.6) is 0 Å². The third-order valence-electron chi connectivity index (χ3n) is 4.02. The first kappa shape index (κ1) is 14.5. The van der Waals surface area contributed by atoms with Gasteiger partial charge in [-0.1, -0.05) is 43.1 Å². The van der Waals surface area contributed by atoms with Crippen molar-refractivity contribution in [2.75, 3.05) is 13.7 Å². The Morgan fingerprint density at radius 1 is 1.42 bits per heavy atom. The number of amides is 1. The van der Waals surface area contributed by atoms with Crippen LogP contribution in [0, 0.1) is 5.92 Å². The first-order valence-electron chi connectivity index (χ1n) is 7.15. The highest BCUT2D eigenvalue weighted by Gasteiger charge is 2.37. The Labute approximate surface area is 117 Å². The molecule has 1 fully saturated rings. The van der Waals surface area contributed by atoms with E-state index < -0.39 is 8.07 Å². The predicted octanol–water partition coefficient (Wildman–Crippen LogP) is 2.96. The third-order valence-corrected chi connectivity index (χ3v) is 6.27. The molecule has 1 saturated heterocycles. The summed E-state index contributed by atoms with van der Waals surface area (Å²) in [6.07, 6.45) is 9.44. The molecule has 4 heteroatoms. The lowest BCUT2D eigenvalue weighted by Gasteiger charge is -2.33. The lowest BCUT2D eigenvalue weighted by molar-refractivity contribution is -0.141. The first-order valence-corrected chi connectivity index (χ1v) is 10.7. The van der Waals surface area contributed by atoms with E-state index in [9.17, 15) is 4.79 Å². The molecule has 2 rings (SSSR count). The van der Waals surface area contributed by atoms with Crippen molar-refractivity contribution in [1.82, 2.24) is 4.90 Å². The number of methoxy groups -OCH3 is 1. The van der Waals surface area contributed by atoms with Crippen LogP contribution in [0.4, 0.5) is 0 Å². The third kappa shape index (κ3) is 3.00. The van der Waals surface area contributed by atoms with Crippen LogP contribution in [0.25, 0.3) is 0 Å². The summed E-state index contributed by atoms with van der Waals surface area (Å²) in [7, 11) is 0.253. The van der Waals surface area contributed by atoms with Crippen LogP contribution < -0.4 is 0 Å². The van der Waals surface area contributed by atoms with E-state index in [1.807, 2.05) is 4.90 Å². The van der Waals surface area contributed by atoms with Crippen LogP contribution in [-0.4, -0.2) is 38.8 Å². The van der Waals surface area contributed by atoms with Crippen molar-refractivity contribution in [2.45, 2.75) is 45.1 Å². The van der Waals surface area contributed by atoms with Crippen LogP contribution in [0.3, 0.4) is 0 Å². The summed E-state index contributed by atoms with van der Waals surface area (Å²) in [5.74, 6) is 0.185. The molecule has 1 aliphatic carbocycles. The maximum absolute atomic E-state index is 12.8. The van der Waals surface area contributed by atoms with Crippen molar-refractivity contribution in [3.63, 3.8) is 0 Å². The van der Waals surface area contributed by atoms with Gasteiger partial charge in [0, 0.05) is 13.7 Å². The number of hydrogen-bond acceptors (Lipinski definition) is 2. The van der Waals surface area contributed by atoms with Crippen LogP contribution in [0.15, 0.2) is 23.4 Å². The molecular weight excluding hydrogens is 254 g/mol. The summed E-state index contributed by atoms with van der Waals surface area (Å²) in [4.78, 5) is 14.7. The van der Waals surface area contributed by atoms with E-state index in [0.717, 1.165) is 25.8 Å². The number of hydrogen-bond donors (Lipinski definition) is 0. The fraction of sp³-hybridized carbons (Fsp3) is 0.667. The summed E-state index contributed by atoms with van der Waals surface area (Å²) in [6, 6.07) is 0. The minimum atomic E-state index is -1.44. The van der Waals surface area contributed by atoms with Crippen LogP contribution in [0.2, 0.25) is 19.6 Å². The summed E-state index contributed by atoms with van der Waals surface area (Å²) < 4.78 is 5.43. The Balaban J connectivity index is 2.19. The molecule has 0 spiro atoms. The van der Waals surface area contributed by atoms with Crippen LogP contribution >= 0.6 is 0 Å². The fourth-order valence-electron chi connectivity index (χ4n) is 3.04. The molecular formula is C15H25NO2Si. The Morgan fingerprint density at radius 3 is 2.79 bits per heavy atom. The van der Waals surface area contributed by atoms with Crippen molar-refractivity contribution >= 4 is 14.0 Å². The molecule has 1 aliphatic heterocycles. The summed E-state index contributed by atoms with van der Waals surface area (Å²) in [5, 5.41) is 1.38. The molecule has 0 bridgehead atoms. The zero-order chi connectivity index (χ0) is 14.0. The normalized spacial score (nSPS) is 27.6. The Kier molecular flexibility index (Phi) is 4.31. The molecule has 2 aliphatic rings. The molecule has 0 aromatic heterocycles. The summed E-state index contributed by atoms with van der Waals surface area (Å²) in [6.45, 7) is 7.78. The molecule has 19 heavy (non-hydrogen) atoms. The van der Waals surface area contributed by atoms with E-state index in [2.05, 4.69) is 37.9 Å². The molecule has 0 aromatic rings. The molecule has 0 aromatic carbocycles. The van der Waals surface area contributed by atoms with Crippen molar-refractivity contribution in [2.24, 2.45) is 5.92 Å². The second-order valence-electron chi connectivity index (χ2n) is 6.42. The molecule has 1 amide bonds. The van der Waals surface area contributed by atoms with Gasteiger partial charge in [-0.2, -0.15) is 0 Å². The van der Waals surface area contributed by atoms with Gasteiger partial charge < -0.3 is 9.64 Å². The van der Waals surface area contributed by atoms with Gasteiger partial charge in [-0.25, -0.2) is 0 Å². The fourth-order valence-corrected chi connectivity index (χ4v) is 4.92. The number of carbonyl (C=O) groups excluding carboxylic acids is 1. The second kappa shape index (κ2) is 5.63. The standard InChI is InChI=1S/C15H25NO2Si/c1-18-14-10-7-11-16(14)15(17)12-8-5-6-9-13(12)19(2,3)4/h5,8-9,12,14H,6-7,10-11H2,1-4H3/t12?,14-/m1/s1. The highest BCUT2D eigenvalue weighted by molar-refractivity contribution is 6.83. The topological polar surface area (TPSA) is 29.5 Å². The van der Waals surface area contributed by atoms with Gasteiger partial charge in [0.25, 0.3) is 0 Å². The van der Waals surface area contributed by atoms with Crippen molar-refractivity contribution in [3.05, 3.63) is 23.4 Å². The molecule has 0 radical (unpaired) electrons. The van der Waals surface area contributed by atoms with E-state index in [-0.39, 0.29) is 18.1 Å². The first-order chi connectivity index (χ1) is 8.95. The van der Waals surface area contributed by atoms with Gasteiger partial charge in [-0.3, -0.25) is 4.79 Å². The number of likely N-dealkylation sites (tertiary alicyclic amines) is 1. The van der Waals surface area contributed by atoms with Gasteiger partial charge in [0.05, 0.1) is 14.0 Å². The zero-order valence-corrected chi connectivity index (χ0v) is 13.5. The van der Waals surface area contributed by atoms with Crippen molar-refractivity contribution in [3.8, 4) is 0 Å². The predicted molar refractivity (Wildman–Crippen MR) is 80.4 cm³/mol. The van der Waals surface area contributed by atoms with Gasteiger partial charge in [-0.05, 0) is 19.3 Å². The maximum Gasteiger partial charge on any atom is 0.235 e. The number of nitrogens with zero attached hydrogens (tertiary/aromatic N) is 1. The molecule has 3 nitrogen and oxygen atoms in total. The van der Waals surface area contributed by atoms with E-state index in [4.69, 9.17) is 4.74 Å². The Hall–Kier alpha value is -0.873. The highest BCUT2D eigenvalue weighted by atomic mass is 28.3. The quantitative estimate of drug-likeness (QED) is 0.587. The molecule has 0 N–H and O–H groups in total. The SMILES string of the molecule is CO[C@@H]1CCCN1C(=O)C1C=CCC=C1[Si](C)(C)C. The monoisotopic (exact) mass is 279 g/mol. The Bertz CT molecular complexity index is 409. The molecule has 0 saturated carbocycles. The van der Waals surface area contributed by atoms with Gasteiger partial charge in [0.15, 0.2) is 0 Å². The van der Waals surface area contributed by atoms with Gasteiger partial charge in [0.1, 0.15) is 6.23 Å². The van der Waals surface area contributed by atoms with E-state index in [0.29, 0.717) is 0 Å². The average Bonchev–Trinajstić information content (AvgIpc) is 2.85. The number of carbonyl (C=O) groups is 1. The van der Waals surface area contributed by atoms with Crippen molar-refractivity contribution in [1.29, 1.82) is 0 Å². The Morgan fingerprint density at radius 2 is 2.16 bits per heavy atom. The van der Waals surface area contributed by atoms with E-state index in [1.54, 1.807) is 7.11 Å². The minimum Gasteiger partial charge on any atom is -0.362 e. The lowest BCUT2D eigenvalue weighted by Crippen LogP contribution is -2.44.